The van der Waals surface area contributed by atoms with Crippen molar-refractivity contribution in [3.8, 4) is 0 Å². The van der Waals surface area contributed by atoms with E-state index >= 15 is 0 Å². The van der Waals surface area contributed by atoms with E-state index < -0.39 is 9.05 Å². The molecular formula is C8H10ClNO4S. The van der Waals surface area contributed by atoms with E-state index in [2.05, 4.69) is 5.32 Å². The second-order valence-corrected chi connectivity index (χ2v) is 5.21. The number of hydrogen-bond acceptors (Lipinski definition) is 3. The topological polar surface area (TPSA) is 94.7 Å². The van der Waals surface area contributed by atoms with Gasteiger partial charge in [-0.05, 0) is 24.3 Å². The third-order valence-corrected chi connectivity index (χ3v) is 2.83. The number of halogens is 1. The van der Waals surface area contributed by atoms with Gasteiger partial charge in [-0.15, -0.1) is 0 Å². The Kier molecular flexibility index (Phi) is 4.73. The number of anilines is 1. The number of benzene rings is 1. The molecule has 1 rings (SSSR count). The molecule has 0 saturated carbocycles. The van der Waals surface area contributed by atoms with Crippen molar-refractivity contribution in [2.45, 2.75) is 11.8 Å². The van der Waals surface area contributed by atoms with E-state index in [1.807, 2.05) is 0 Å². The summed E-state index contributed by atoms with van der Waals surface area (Å²) in [6, 6.07) is 5.59. The highest BCUT2D eigenvalue weighted by Crippen LogP contribution is 2.17. The van der Waals surface area contributed by atoms with E-state index in [-0.39, 0.29) is 16.3 Å². The van der Waals surface area contributed by atoms with Crippen LogP contribution < -0.4 is 5.32 Å². The van der Waals surface area contributed by atoms with Crippen LogP contribution in [0.15, 0.2) is 29.2 Å². The van der Waals surface area contributed by atoms with Crippen molar-refractivity contribution in [1.82, 2.24) is 0 Å². The first-order chi connectivity index (χ1) is 6.39. The maximum Gasteiger partial charge on any atom is 0.261 e. The average Bonchev–Trinajstić information content (AvgIpc) is 2.02. The first-order valence-corrected chi connectivity index (χ1v) is 6.03. The summed E-state index contributed by atoms with van der Waals surface area (Å²) in [5.41, 5.74) is 0.529. The molecule has 0 aliphatic carbocycles. The first-order valence-electron chi connectivity index (χ1n) is 3.72. The molecule has 0 aliphatic rings. The van der Waals surface area contributed by atoms with Crippen LogP contribution in [-0.2, 0) is 13.8 Å². The Morgan fingerprint density at radius 2 is 1.73 bits per heavy atom. The molecule has 0 saturated heterocycles. The summed E-state index contributed by atoms with van der Waals surface area (Å²) in [6.07, 6.45) is 0. The van der Waals surface area contributed by atoms with Crippen molar-refractivity contribution < 1.29 is 18.7 Å². The lowest BCUT2D eigenvalue weighted by Crippen LogP contribution is -2.05. The van der Waals surface area contributed by atoms with Crippen LogP contribution >= 0.6 is 10.7 Å². The Morgan fingerprint density at radius 1 is 1.27 bits per heavy atom. The molecule has 1 aromatic carbocycles. The lowest BCUT2D eigenvalue weighted by molar-refractivity contribution is -0.114. The number of carbonyl (C=O) groups excluding carboxylic acids is 1. The second-order valence-electron chi connectivity index (χ2n) is 2.64. The van der Waals surface area contributed by atoms with Crippen LogP contribution in [0.5, 0.6) is 0 Å². The van der Waals surface area contributed by atoms with Gasteiger partial charge >= 0.3 is 0 Å². The first kappa shape index (κ1) is 13.9. The maximum atomic E-state index is 10.8. The van der Waals surface area contributed by atoms with Gasteiger partial charge in [-0.1, -0.05) is 0 Å². The van der Waals surface area contributed by atoms with Crippen LogP contribution in [0.1, 0.15) is 6.92 Å². The molecule has 15 heavy (non-hydrogen) atoms. The van der Waals surface area contributed by atoms with Crippen molar-refractivity contribution >= 4 is 31.3 Å². The molecular weight excluding hydrogens is 242 g/mol. The molecule has 1 aromatic rings. The molecule has 0 aliphatic heterocycles. The maximum absolute atomic E-state index is 10.8. The predicted molar refractivity (Wildman–Crippen MR) is 57.4 cm³/mol. The number of amides is 1. The van der Waals surface area contributed by atoms with Gasteiger partial charge in [0.25, 0.3) is 9.05 Å². The van der Waals surface area contributed by atoms with Gasteiger partial charge in [0.15, 0.2) is 0 Å². The normalized spacial score (nSPS) is 10.3. The molecule has 0 unspecified atom stereocenters. The van der Waals surface area contributed by atoms with Crippen LogP contribution in [0.2, 0.25) is 0 Å². The van der Waals surface area contributed by atoms with Crippen LogP contribution in [-0.4, -0.2) is 19.8 Å². The fourth-order valence-electron chi connectivity index (χ4n) is 0.904. The summed E-state index contributed by atoms with van der Waals surface area (Å²) in [4.78, 5) is 10.6. The molecule has 0 spiro atoms. The Bertz CT molecular complexity index is 440. The lowest BCUT2D eigenvalue weighted by Gasteiger charge is -2.01. The zero-order valence-electron chi connectivity index (χ0n) is 7.82. The third-order valence-electron chi connectivity index (χ3n) is 1.46. The molecule has 0 aromatic heterocycles. The second kappa shape index (κ2) is 5.11. The number of nitrogens with one attached hydrogen (secondary N) is 1. The number of carbonyl (C=O) groups is 1. The fourth-order valence-corrected chi connectivity index (χ4v) is 1.67. The van der Waals surface area contributed by atoms with Crippen molar-refractivity contribution in [2.75, 3.05) is 5.32 Å². The van der Waals surface area contributed by atoms with E-state index in [9.17, 15) is 13.2 Å². The minimum Gasteiger partial charge on any atom is -0.412 e. The number of hydrogen-bond donors (Lipinski definition) is 1. The minimum absolute atomic E-state index is 0. The van der Waals surface area contributed by atoms with Crippen LogP contribution in [0, 0.1) is 0 Å². The van der Waals surface area contributed by atoms with Gasteiger partial charge in [-0.25, -0.2) is 8.42 Å². The average molecular weight is 252 g/mol. The standard InChI is InChI=1S/C8H8ClNO3S.H2O/c1-6(11)10-7-2-4-8(5-3-7)14(9,12)13;/h2-5H,1H3,(H,10,11);1H2. The van der Waals surface area contributed by atoms with Crippen molar-refractivity contribution in [3.63, 3.8) is 0 Å². The van der Waals surface area contributed by atoms with E-state index in [4.69, 9.17) is 10.7 Å². The van der Waals surface area contributed by atoms with E-state index in [1.165, 1.54) is 31.2 Å². The molecule has 0 heterocycles. The van der Waals surface area contributed by atoms with E-state index in [0.29, 0.717) is 5.69 Å². The quantitative estimate of drug-likeness (QED) is 0.786. The van der Waals surface area contributed by atoms with Crippen LogP contribution in [0.25, 0.3) is 0 Å². The lowest BCUT2D eigenvalue weighted by atomic mass is 10.3. The van der Waals surface area contributed by atoms with Gasteiger partial charge in [-0.3, -0.25) is 4.79 Å². The fraction of sp³-hybridized carbons (Fsp3) is 0.125. The van der Waals surface area contributed by atoms with E-state index in [0.717, 1.165) is 0 Å². The molecule has 1 amide bonds. The minimum atomic E-state index is -3.69. The predicted octanol–water partition coefficient (Wildman–Crippen LogP) is 0.748. The smallest absolute Gasteiger partial charge is 0.261 e. The summed E-state index contributed by atoms with van der Waals surface area (Å²) < 4.78 is 21.7. The van der Waals surface area contributed by atoms with Gasteiger partial charge in [-0.2, -0.15) is 0 Å². The molecule has 0 radical (unpaired) electrons. The monoisotopic (exact) mass is 251 g/mol. The van der Waals surface area contributed by atoms with E-state index in [1.54, 1.807) is 0 Å². The van der Waals surface area contributed by atoms with Gasteiger partial charge in [0, 0.05) is 23.3 Å². The number of rotatable bonds is 2. The summed E-state index contributed by atoms with van der Waals surface area (Å²) >= 11 is 0. The third kappa shape index (κ3) is 4.28. The van der Waals surface area contributed by atoms with Crippen LogP contribution in [0.4, 0.5) is 5.69 Å². The van der Waals surface area contributed by atoms with Gasteiger partial charge in [0.05, 0.1) is 4.90 Å². The highest BCUT2D eigenvalue weighted by atomic mass is 35.7. The van der Waals surface area contributed by atoms with Crippen LogP contribution in [0.3, 0.4) is 0 Å². The molecule has 0 fully saturated rings. The largest absolute Gasteiger partial charge is 0.412 e. The zero-order valence-corrected chi connectivity index (χ0v) is 9.39. The zero-order chi connectivity index (χ0) is 10.8. The van der Waals surface area contributed by atoms with Crippen molar-refractivity contribution in [3.05, 3.63) is 24.3 Å². The Morgan fingerprint density at radius 3 is 2.07 bits per heavy atom. The van der Waals surface area contributed by atoms with Crippen molar-refractivity contribution in [2.24, 2.45) is 0 Å². The molecule has 5 nitrogen and oxygen atoms in total. The SMILES string of the molecule is CC(=O)Nc1ccc(S(=O)(=O)Cl)cc1.O. The van der Waals surface area contributed by atoms with Gasteiger partial charge in [0.2, 0.25) is 5.91 Å². The Hall–Kier alpha value is -1.11. The van der Waals surface area contributed by atoms with Crippen molar-refractivity contribution in [1.29, 1.82) is 0 Å². The molecule has 84 valence electrons. The Balaban J connectivity index is 0.00000196. The molecule has 7 heteroatoms. The van der Waals surface area contributed by atoms with Gasteiger partial charge in [0.1, 0.15) is 0 Å². The summed E-state index contributed by atoms with van der Waals surface area (Å²) in [6.45, 7) is 1.37. The highest BCUT2D eigenvalue weighted by Gasteiger charge is 2.08. The summed E-state index contributed by atoms with van der Waals surface area (Å²) in [7, 11) is 1.41. The van der Waals surface area contributed by atoms with Gasteiger partial charge < -0.3 is 10.8 Å². The summed E-state index contributed by atoms with van der Waals surface area (Å²) in [5, 5.41) is 2.51. The highest BCUT2D eigenvalue weighted by molar-refractivity contribution is 8.13. The molecule has 3 N–H and O–H groups in total. The molecule has 0 bridgehead atoms. The Labute approximate surface area is 91.8 Å². The summed E-state index contributed by atoms with van der Waals surface area (Å²) in [5.74, 6) is -0.216. The molecule has 0 atom stereocenters.